The molecular formula is C8H19N2O7+. The molecule has 9 nitrogen and oxygen atoms in total. The first-order valence-electron chi connectivity index (χ1n) is 5.16. The van der Waals surface area contributed by atoms with Crippen molar-refractivity contribution in [1.82, 2.24) is 5.43 Å². The molecule has 0 radical (unpaired) electrons. The van der Waals surface area contributed by atoms with Crippen LogP contribution in [0.3, 0.4) is 0 Å². The number of aliphatic hydroxyl groups is 4. The van der Waals surface area contributed by atoms with Gasteiger partial charge in [-0.1, -0.05) is 0 Å². The quantitative estimate of drug-likeness (QED) is 0.192. The molecule has 1 aliphatic heterocycles. The van der Waals surface area contributed by atoms with E-state index in [9.17, 15) is 15.3 Å². The van der Waals surface area contributed by atoms with Crippen molar-refractivity contribution in [1.29, 1.82) is 0 Å². The van der Waals surface area contributed by atoms with Gasteiger partial charge in [-0.15, -0.1) is 10.6 Å². The Kier molecular flexibility index (Phi) is 5.66. The van der Waals surface area contributed by atoms with E-state index in [1.807, 2.05) is 0 Å². The Labute approximate surface area is 97.7 Å². The fourth-order valence-corrected chi connectivity index (χ4v) is 1.43. The normalized spacial score (nSPS) is 40.2. The Bertz CT molecular complexity index is 228. The maximum absolute atomic E-state index is 9.55. The summed E-state index contributed by atoms with van der Waals surface area (Å²) < 4.78 is 10.1. The largest absolute Gasteiger partial charge is 0.394 e. The summed E-state index contributed by atoms with van der Waals surface area (Å²) in [5, 5.41) is 46.1. The van der Waals surface area contributed by atoms with Gasteiger partial charge in [0.15, 0.2) is 6.29 Å². The van der Waals surface area contributed by atoms with Crippen LogP contribution in [0.1, 0.15) is 0 Å². The van der Waals surface area contributed by atoms with Crippen LogP contribution in [0.4, 0.5) is 0 Å². The van der Waals surface area contributed by atoms with Crippen LogP contribution < -0.4 is 10.6 Å². The van der Waals surface area contributed by atoms with Gasteiger partial charge in [0.2, 0.25) is 0 Å². The molecule has 0 amide bonds. The minimum Gasteiger partial charge on any atom is -0.394 e. The molecule has 0 aromatic carbocycles. The molecule has 1 saturated heterocycles. The molecular weight excluding hydrogens is 236 g/mol. The lowest BCUT2D eigenvalue weighted by atomic mass is 9.99. The summed E-state index contributed by atoms with van der Waals surface area (Å²) in [4.78, 5) is 0. The standard InChI is InChI=1S/C8H18N2O7/c1-10(15)9-3-16-8-7(14)6(13)5(12)4(2-11)17-8/h4-9,11-15H,2-3H2,1H3/p+1/t4-,5-,6+,7-,8-/m1/s1. The van der Waals surface area contributed by atoms with Crippen LogP contribution in [0.15, 0.2) is 0 Å². The molecule has 17 heavy (non-hydrogen) atoms. The van der Waals surface area contributed by atoms with Crippen LogP contribution in [-0.4, -0.2) is 76.7 Å². The predicted molar refractivity (Wildman–Crippen MR) is 51.5 cm³/mol. The summed E-state index contributed by atoms with van der Waals surface area (Å²) in [5.41, 5.74) is 2.42. The van der Waals surface area contributed by atoms with Crippen LogP contribution >= 0.6 is 0 Å². The second-order valence-corrected chi connectivity index (χ2v) is 3.77. The molecule has 1 aliphatic rings. The van der Waals surface area contributed by atoms with E-state index >= 15 is 0 Å². The van der Waals surface area contributed by atoms with Crippen molar-refractivity contribution in [2.75, 3.05) is 20.4 Å². The second-order valence-electron chi connectivity index (χ2n) is 3.77. The average Bonchev–Trinajstić information content (AvgIpc) is 2.29. The molecule has 9 heteroatoms. The van der Waals surface area contributed by atoms with Gasteiger partial charge < -0.3 is 29.9 Å². The number of hydrogen-bond acceptors (Lipinski definition) is 8. The van der Waals surface area contributed by atoms with Gasteiger partial charge in [0, 0.05) is 0 Å². The molecule has 0 aromatic rings. The number of rotatable bonds is 5. The van der Waals surface area contributed by atoms with Crippen molar-refractivity contribution in [2.24, 2.45) is 0 Å². The van der Waals surface area contributed by atoms with Crippen molar-refractivity contribution in [2.45, 2.75) is 30.7 Å². The van der Waals surface area contributed by atoms with Crippen molar-refractivity contribution in [3.63, 3.8) is 0 Å². The topological polar surface area (TPSA) is 136 Å². The number of aliphatic hydroxyl groups excluding tert-OH is 4. The van der Waals surface area contributed by atoms with Crippen LogP contribution in [0.2, 0.25) is 0 Å². The van der Waals surface area contributed by atoms with Crippen LogP contribution in [0, 0.1) is 0 Å². The van der Waals surface area contributed by atoms with Gasteiger partial charge in [-0.3, -0.25) is 0 Å². The zero-order chi connectivity index (χ0) is 13.0. The van der Waals surface area contributed by atoms with E-state index in [4.69, 9.17) is 19.8 Å². The minimum atomic E-state index is -1.47. The van der Waals surface area contributed by atoms with E-state index < -0.39 is 37.3 Å². The van der Waals surface area contributed by atoms with Gasteiger partial charge in [-0.25, -0.2) is 0 Å². The van der Waals surface area contributed by atoms with E-state index in [2.05, 4.69) is 5.43 Å². The Hall–Kier alpha value is -0.360. The lowest BCUT2D eigenvalue weighted by molar-refractivity contribution is -1.11. The second kappa shape index (κ2) is 6.54. The first kappa shape index (κ1) is 14.7. The highest BCUT2D eigenvalue weighted by atomic mass is 16.7. The van der Waals surface area contributed by atoms with Crippen molar-refractivity contribution in [3.05, 3.63) is 0 Å². The van der Waals surface area contributed by atoms with Crippen LogP contribution in [0.25, 0.3) is 0 Å². The summed E-state index contributed by atoms with van der Waals surface area (Å²) in [5.74, 6) is 0. The fourth-order valence-electron chi connectivity index (χ4n) is 1.43. The summed E-state index contributed by atoms with van der Waals surface area (Å²) in [7, 11) is 1.40. The van der Waals surface area contributed by atoms with Crippen molar-refractivity contribution < 1.29 is 40.3 Å². The van der Waals surface area contributed by atoms with E-state index in [1.54, 1.807) is 0 Å². The maximum atomic E-state index is 9.55. The monoisotopic (exact) mass is 255 g/mol. The molecule has 0 bridgehead atoms. The zero-order valence-corrected chi connectivity index (χ0v) is 9.35. The van der Waals surface area contributed by atoms with Gasteiger partial charge in [-0.2, -0.15) is 5.21 Å². The number of ether oxygens (including phenoxy) is 2. The van der Waals surface area contributed by atoms with Gasteiger partial charge in [0.1, 0.15) is 38.2 Å². The summed E-state index contributed by atoms with van der Waals surface area (Å²) in [6.07, 6.45) is -6.51. The predicted octanol–water partition coefficient (Wildman–Crippen LogP) is -4.83. The van der Waals surface area contributed by atoms with E-state index in [-0.39, 0.29) is 11.9 Å². The molecule has 0 spiro atoms. The summed E-state index contributed by atoms with van der Waals surface area (Å²) in [6.45, 7) is -0.658. The minimum absolute atomic E-state index is 0.0745. The number of hydrogen-bond donors (Lipinski definition) is 7. The summed E-state index contributed by atoms with van der Waals surface area (Å²) in [6, 6.07) is 0. The Morgan fingerprint density at radius 1 is 1.24 bits per heavy atom. The highest BCUT2D eigenvalue weighted by molar-refractivity contribution is 4.88. The Balaban J connectivity index is 2.47. The molecule has 6 atom stereocenters. The van der Waals surface area contributed by atoms with Gasteiger partial charge in [0.25, 0.3) is 0 Å². The highest BCUT2D eigenvalue weighted by Gasteiger charge is 2.44. The Morgan fingerprint density at radius 2 is 1.88 bits per heavy atom. The summed E-state index contributed by atoms with van der Waals surface area (Å²) >= 11 is 0. The molecule has 0 saturated carbocycles. The number of nitrogens with one attached hydrogen (secondary N) is 2. The lowest BCUT2D eigenvalue weighted by Gasteiger charge is -2.39. The van der Waals surface area contributed by atoms with Gasteiger partial charge in [-0.05, 0) is 0 Å². The SMILES string of the molecule is C[NH+](O)NCO[C@@H]1O[C@H](CO)[C@@H](O)[C@H](O)[C@H]1O. The smallest absolute Gasteiger partial charge is 0.188 e. The lowest BCUT2D eigenvalue weighted by Crippen LogP contribution is -3.13. The van der Waals surface area contributed by atoms with Gasteiger partial charge >= 0.3 is 0 Å². The molecule has 1 rings (SSSR count). The van der Waals surface area contributed by atoms with Crippen LogP contribution in [-0.2, 0) is 9.47 Å². The maximum Gasteiger partial charge on any atom is 0.188 e. The molecule has 0 aliphatic carbocycles. The first-order chi connectivity index (χ1) is 7.97. The molecule has 1 fully saturated rings. The molecule has 7 N–H and O–H groups in total. The molecule has 102 valence electrons. The molecule has 1 heterocycles. The fraction of sp³-hybridized carbons (Fsp3) is 1.00. The van der Waals surface area contributed by atoms with Crippen molar-refractivity contribution in [3.8, 4) is 0 Å². The number of hydroxylamine groups is 1. The van der Waals surface area contributed by atoms with E-state index in [0.717, 1.165) is 0 Å². The average molecular weight is 255 g/mol. The molecule has 1 unspecified atom stereocenters. The third-order valence-corrected chi connectivity index (χ3v) is 2.42. The van der Waals surface area contributed by atoms with Gasteiger partial charge in [0.05, 0.1) is 6.61 Å². The molecule has 0 aromatic heterocycles. The third kappa shape index (κ3) is 3.81. The highest BCUT2D eigenvalue weighted by Crippen LogP contribution is 2.21. The van der Waals surface area contributed by atoms with E-state index in [0.29, 0.717) is 0 Å². The number of quaternary nitrogens is 1. The van der Waals surface area contributed by atoms with Crippen LogP contribution in [0.5, 0.6) is 0 Å². The van der Waals surface area contributed by atoms with E-state index in [1.165, 1.54) is 7.05 Å². The Morgan fingerprint density at radius 3 is 2.41 bits per heavy atom. The third-order valence-electron chi connectivity index (χ3n) is 2.42. The zero-order valence-electron chi connectivity index (χ0n) is 9.35. The van der Waals surface area contributed by atoms with Crippen molar-refractivity contribution >= 4 is 0 Å². The first-order valence-corrected chi connectivity index (χ1v) is 5.16.